The summed E-state index contributed by atoms with van der Waals surface area (Å²) in [4.78, 5) is 0. The highest BCUT2D eigenvalue weighted by Gasteiger charge is 2.02. The summed E-state index contributed by atoms with van der Waals surface area (Å²) in [6.45, 7) is 7.66. The van der Waals surface area contributed by atoms with Gasteiger partial charge in [-0.05, 0) is 30.0 Å². The van der Waals surface area contributed by atoms with Gasteiger partial charge < -0.3 is 10.5 Å². The van der Waals surface area contributed by atoms with E-state index in [-0.39, 0.29) is 0 Å². The van der Waals surface area contributed by atoms with Crippen LogP contribution >= 0.6 is 0 Å². The number of aryl methyl sites for hydroxylation is 1. The Bertz CT molecular complexity index is 294. The zero-order valence-corrected chi connectivity index (χ0v) is 9.21. The largest absolute Gasteiger partial charge is 0.493 e. The second-order valence-corrected chi connectivity index (χ2v) is 4.01. The summed E-state index contributed by atoms with van der Waals surface area (Å²) in [5, 5.41) is 0. The molecule has 0 aliphatic rings. The fraction of sp³-hybridized carbons (Fsp3) is 0.500. The van der Waals surface area contributed by atoms with Gasteiger partial charge in [0.15, 0.2) is 0 Å². The molecule has 0 atom stereocenters. The van der Waals surface area contributed by atoms with Gasteiger partial charge in [-0.25, -0.2) is 0 Å². The normalized spacial score (nSPS) is 10.6. The molecule has 0 spiro atoms. The third kappa shape index (κ3) is 3.04. The molecule has 0 aromatic heterocycles. The maximum Gasteiger partial charge on any atom is 0.122 e. The zero-order valence-electron chi connectivity index (χ0n) is 9.21. The molecule has 2 nitrogen and oxygen atoms in total. The van der Waals surface area contributed by atoms with Crippen LogP contribution in [0.25, 0.3) is 0 Å². The highest BCUT2D eigenvalue weighted by atomic mass is 16.5. The Morgan fingerprint density at radius 3 is 2.64 bits per heavy atom. The summed E-state index contributed by atoms with van der Waals surface area (Å²) in [5.41, 5.74) is 7.86. The van der Waals surface area contributed by atoms with Gasteiger partial charge in [0, 0.05) is 6.54 Å². The van der Waals surface area contributed by atoms with E-state index in [4.69, 9.17) is 10.5 Å². The first-order valence-corrected chi connectivity index (χ1v) is 5.06. The van der Waals surface area contributed by atoms with Gasteiger partial charge >= 0.3 is 0 Å². The monoisotopic (exact) mass is 193 g/mol. The molecule has 0 saturated carbocycles. The van der Waals surface area contributed by atoms with Gasteiger partial charge in [-0.1, -0.05) is 26.0 Å². The van der Waals surface area contributed by atoms with Gasteiger partial charge in [0.05, 0.1) is 6.61 Å². The lowest BCUT2D eigenvalue weighted by molar-refractivity contribution is 0.269. The summed E-state index contributed by atoms with van der Waals surface area (Å²) in [6.07, 6.45) is 0. The van der Waals surface area contributed by atoms with Gasteiger partial charge in [0.2, 0.25) is 0 Å². The van der Waals surface area contributed by atoms with Crippen LogP contribution in [0, 0.1) is 12.8 Å². The first-order valence-electron chi connectivity index (χ1n) is 5.06. The topological polar surface area (TPSA) is 35.2 Å². The number of ether oxygens (including phenoxy) is 1. The van der Waals surface area contributed by atoms with Gasteiger partial charge in [0.25, 0.3) is 0 Å². The van der Waals surface area contributed by atoms with Crippen molar-refractivity contribution in [1.82, 2.24) is 0 Å². The molecule has 0 aliphatic heterocycles. The van der Waals surface area contributed by atoms with Gasteiger partial charge in [-0.2, -0.15) is 0 Å². The molecule has 0 aliphatic carbocycles. The molecule has 0 radical (unpaired) electrons. The number of hydrogen-bond acceptors (Lipinski definition) is 2. The van der Waals surface area contributed by atoms with Crippen LogP contribution in [0.15, 0.2) is 18.2 Å². The molecule has 0 amide bonds. The minimum Gasteiger partial charge on any atom is -0.493 e. The van der Waals surface area contributed by atoms with E-state index in [0.29, 0.717) is 12.5 Å². The Morgan fingerprint density at radius 2 is 2.07 bits per heavy atom. The SMILES string of the molecule is Cc1ccc(CN)cc1OCC(C)C. The minimum atomic E-state index is 0.552. The van der Waals surface area contributed by atoms with E-state index in [9.17, 15) is 0 Å². The Balaban J connectivity index is 2.73. The quantitative estimate of drug-likeness (QED) is 0.797. The molecule has 0 fully saturated rings. The van der Waals surface area contributed by atoms with E-state index in [1.165, 1.54) is 5.56 Å². The highest BCUT2D eigenvalue weighted by molar-refractivity contribution is 5.36. The smallest absolute Gasteiger partial charge is 0.122 e. The van der Waals surface area contributed by atoms with Crippen LogP contribution in [0.3, 0.4) is 0 Å². The Kier molecular flexibility index (Phi) is 3.96. The van der Waals surface area contributed by atoms with Crippen molar-refractivity contribution in [1.29, 1.82) is 0 Å². The van der Waals surface area contributed by atoms with Crippen LogP contribution in [-0.4, -0.2) is 6.61 Å². The number of benzene rings is 1. The average Bonchev–Trinajstić information content (AvgIpc) is 2.16. The molecule has 0 unspecified atom stereocenters. The number of hydrogen-bond donors (Lipinski definition) is 1. The van der Waals surface area contributed by atoms with Crippen LogP contribution in [0.4, 0.5) is 0 Å². The Labute approximate surface area is 86.1 Å². The van der Waals surface area contributed by atoms with E-state index in [1.54, 1.807) is 0 Å². The Hall–Kier alpha value is -1.02. The standard InChI is InChI=1S/C12H19NO/c1-9(2)8-14-12-6-11(7-13)5-4-10(12)3/h4-6,9H,7-8,13H2,1-3H3. The van der Waals surface area contributed by atoms with Crippen molar-refractivity contribution in [2.24, 2.45) is 11.7 Å². The number of nitrogens with two attached hydrogens (primary N) is 1. The molecule has 1 rings (SSSR count). The maximum absolute atomic E-state index is 5.69. The van der Waals surface area contributed by atoms with Crippen molar-refractivity contribution in [3.8, 4) is 5.75 Å². The van der Waals surface area contributed by atoms with Gasteiger partial charge in [-0.15, -0.1) is 0 Å². The van der Waals surface area contributed by atoms with Crippen molar-refractivity contribution < 1.29 is 4.74 Å². The van der Waals surface area contributed by atoms with E-state index in [2.05, 4.69) is 26.8 Å². The zero-order chi connectivity index (χ0) is 10.6. The summed E-state index contributed by atoms with van der Waals surface area (Å²) < 4.78 is 5.69. The average molecular weight is 193 g/mol. The van der Waals surface area contributed by atoms with E-state index in [1.807, 2.05) is 12.1 Å². The minimum absolute atomic E-state index is 0.552. The van der Waals surface area contributed by atoms with Crippen molar-refractivity contribution in [3.05, 3.63) is 29.3 Å². The van der Waals surface area contributed by atoms with E-state index < -0.39 is 0 Å². The lowest BCUT2D eigenvalue weighted by Crippen LogP contribution is -2.06. The second kappa shape index (κ2) is 5.01. The first kappa shape index (κ1) is 11.1. The highest BCUT2D eigenvalue weighted by Crippen LogP contribution is 2.19. The molecule has 0 heterocycles. The van der Waals surface area contributed by atoms with Crippen LogP contribution in [0.1, 0.15) is 25.0 Å². The molecule has 14 heavy (non-hydrogen) atoms. The van der Waals surface area contributed by atoms with Crippen LogP contribution < -0.4 is 10.5 Å². The number of rotatable bonds is 4. The Morgan fingerprint density at radius 1 is 1.36 bits per heavy atom. The van der Waals surface area contributed by atoms with Crippen molar-refractivity contribution in [2.45, 2.75) is 27.3 Å². The summed E-state index contributed by atoms with van der Waals surface area (Å²) in [5.74, 6) is 1.51. The third-order valence-electron chi connectivity index (χ3n) is 2.06. The van der Waals surface area contributed by atoms with E-state index in [0.717, 1.165) is 17.9 Å². The van der Waals surface area contributed by atoms with E-state index >= 15 is 0 Å². The molecule has 78 valence electrons. The molecule has 0 saturated heterocycles. The predicted octanol–water partition coefficient (Wildman–Crippen LogP) is 2.49. The predicted molar refractivity (Wildman–Crippen MR) is 59.4 cm³/mol. The van der Waals surface area contributed by atoms with Gasteiger partial charge in [0.1, 0.15) is 5.75 Å². The molecule has 0 bridgehead atoms. The molecule has 2 N–H and O–H groups in total. The first-order chi connectivity index (χ1) is 6.63. The summed E-state index contributed by atoms with van der Waals surface area (Å²) in [7, 11) is 0. The van der Waals surface area contributed by atoms with Crippen molar-refractivity contribution >= 4 is 0 Å². The van der Waals surface area contributed by atoms with Crippen molar-refractivity contribution in [2.75, 3.05) is 6.61 Å². The lowest BCUT2D eigenvalue weighted by Gasteiger charge is -2.12. The van der Waals surface area contributed by atoms with Crippen LogP contribution in [-0.2, 0) is 6.54 Å². The fourth-order valence-corrected chi connectivity index (χ4v) is 1.18. The van der Waals surface area contributed by atoms with Crippen LogP contribution in [0.5, 0.6) is 5.75 Å². The van der Waals surface area contributed by atoms with Crippen molar-refractivity contribution in [3.63, 3.8) is 0 Å². The second-order valence-electron chi connectivity index (χ2n) is 4.01. The maximum atomic E-state index is 5.69. The molecule has 1 aromatic rings. The summed E-state index contributed by atoms with van der Waals surface area (Å²) >= 11 is 0. The molecular formula is C12H19NO. The van der Waals surface area contributed by atoms with Gasteiger partial charge in [-0.3, -0.25) is 0 Å². The molecule has 2 heteroatoms. The summed E-state index contributed by atoms with van der Waals surface area (Å²) in [6, 6.07) is 6.12. The molecule has 1 aromatic carbocycles. The lowest BCUT2D eigenvalue weighted by atomic mass is 10.1. The van der Waals surface area contributed by atoms with Crippen LogP contribution in [0.2, 0.25) is 0 Å². The molecular weight excluding hydrogens is 174 g/mol. The third-order valence-corrected chi connectivity index (χ3v) is 2.06. The fourth-order valence-electron chi connectivity index (χ4n) is 1.18.